The van der Waals surface area contributed by atoms with Crippen LogP contribution in [0.1, 0.15) is 31.7 Å². The van der Waals surface area contributed by atoms with Crippen LogP contribution in [0.15, 0.2) is 10.6 Å². The van der Waals surface area contributed by atoms with Crippen molar-refractivity contribution in [2.24, 2.45) is 0 Å². The van der Waals surface area contributed by atoms with Gasteiger partial charge in [0.15, 0.2) is 5.76 Å². The summed E-state index contributed by atoms with van der Waals surface area (Å²) in [4.78, 5) is 4.74. The monoisotopic (exact) mass is 266 g/mol. The van der Waals surface area contributed by atoms with Crippen molar-refractivity contribution in [2.75, 3.05) is 27.2 Å². The number of likely N-dealkylation sites (tertiary alicyclic amines) is 1. The van der Waals surface area contributed by atoms with Gasteiger partial charge in [-0.2, -0.15) is 0 Å². The zero-order chi connectivity index (χ0) is 13.8. The van der Waals surface area contributed by atoms with Crippen molar-refractivity contribution in [3.63, 3.8) is 0 Å². The average Bonchev–Trinajstić information content (AvgIpc) is 2.96. The van der Waals surface area contributed by atoms with Crippen molar-refractivity contribution >= 4 is 0 Å². The zero-order valence-electron chi connectivity index (χ0n) is 12.5. The highest BCUT2D eigenvalue weighted by atomic mass is 16.5. The second-order valence-electron chi connectivity index (χ2n) is 5.96. The highest BCUT2D eigenvalue weighted by molar-refractivity contribution is 5.05. The number of rotatable bonds is 6. The van der Waals surface area contributed by atoms with Crippen LogP contribution in [0.2, 0.25) is 0 Å². The summed E-state index contributed by atoms with van der Waals surface area (Å²) >= 11 is 0. The predicted octanol–water partition coefficient (Wildman–Crippen LogP) is 1.31. The summed E-state index contributed by atoms with van der Waals surface area (Å²) < 4.78 is 5.41. The Bertz CT molecular complexity index is 389. The standard InChI is InChI=1S/C14H26N4O/c1-11(2)15-8-12-7-14(19-16-12)10-18-6-5-13(9-18)17(3)4/h7,11,13,15H,5-6,8-10H2,1-4H3. The molecular weight excluding hydrogens is 240 g/mol. The number of likely N-dealkylation sites (N-methyl/N-ethyl adjacent to an activating group) is 1. The van der Waals surface area contributed by atoms with Crippen LogP contribution in [0.25, 0.3) is 0 Å². The van der Waals surface area contributed by atoms with Gasteiger partial charge >= 0.3 is 0 Å². The Hall–Kier alpha value is -0.910. The first-order valence-electron chi connectivity index (χ1n) is 7.11. The van der Waals surface area contributed by atoms with Gasteiger partial charge in [0.1, 0.15) is 0 Å². The molecule has 1 aromatic heterocycles. The topological polar surface area (TPSA) is 44.5 Å². The molecule has 1 aliphatic heterocycles. The van der Waals surface area contributed by atoms with Crippen molar-refractivity contribution in [1.82, 2.24) is 20.3 Å². The molecule has 0 spiro atoms. The summed E-state index contributed by atoms with van der Waals surface area (Å²) in [6.07, 6.45) is 1.24. The Labute approximate surface area is 115 Å². The molecule has 0 radical (unpaired) electrons. The van der Waals surface area contributed by atoms with E-state index >= 15 is 0 Å². The molecule has 2 heterocycles. The molecule has 0 amide bonds. The summed E-state index contributed by atoms with van der Waals surface area (Å²) in [7, 11) is 4.30. The second-order valence-corrected chi connectivity index (χ2v) is 5.96. The molecule has 1 aromatic rings. The molecule has 1 fully saturated rings. The molecule has 2 rings (SSSR count). The van der Waals surface area contributed by atoms with Crippen molar-refractivity contribution in [1.29, 1.82) is 0 Å². The lowest BCUT2D eigenvalue weighted by Gasteiger charge is -2.19. The average molecular weight is 266 g/mol. The SMILES string of the molecule is CC(C)NCc1cc(CN2CCC(N(C)C)C2)on1. The Balaban J connectivity index is 1.80. The zero-order valence-corrected chi connectivity index (χ0v) is 12.5. The molecule has 1 N–H and O–H groups in total. The maximum absolute atomic E-state index is 5.41. The predicted molar refractivity (Wildman–Crippen MR) is 75.8 cm³/mol. The van der Waals surface area contributed by atoms with Gasteiger partial charge in [0.2, 0.25) is 0 Å². The number of hydrogen-bond donors (Lipinski definition) is 1. The van der Waals surface area contributed by atoms with Gasteiger partial charge in [0.05, 0.1) is 12.2 Å². The molecule has 0 bridgehead atoms. The van der Waals surface area contributed by atoms with E-state index in [0.717, 1.165) is 37.6 Å². The molecule has 0 aliphatic carbocycles. The quantitative estimate of drug-likeness (QED) is 0.841. The smallest absolute Gasteiger partial charge is 0.151 e. The van der Waals surface area contributed by atoms with E-state index in [1.807, 2.05) is 0 Å². The van der Waals surface area contributed by atoms with Gasteiger partial charge in [-0.1, -0.05) is 19.0 Å². The van der Waals surface area contributed by atoms with Crippen LogP contribution in [-0.2, 0) is 13.1 Å². The number of aromatic nitrogens is 1. The lowest BCUT2D eigenvalue weighted by Crippen LogP contribution is -2.31. The molecule has 5 nitrogen and oxygen atoms in total. The number of nitrogens with zero attached hydrogens (tertiary/aromatic N) is 3. The molecule has 108 valence electrons. The van der Waals surface area contributed by atoms with E-state index in [1.165, 1.54) is 6.42 Å². The van der Waals surface area contributed by atoms with Crippen molar-refractivity contribution in [3.8, 4) is 0 Å². The summed E-state index contributed by atoms with van der Waals surface area (Å²) in [5, 5.41) is 7.46. The van der Waals surface area contributed by atoms with Gasteiger partial charge < -0.3 is 14.7 Å². The van der Waals surface area contributed by atoms with Crippen LogP contribution in [-0.4, -0.2) is 54.2 Å². The minimum Gasteiger partial charge on any atom is -0.360 e. The maximum atomic E-state index is 5.41. The first-order chi connectivity index (χ1) is 9.04. The van der Waals surface area contributed by atoms with Crippen LogP contribution >= 0.6 is 0 Å². The maximum Gasteiger partial charge on any atom is 0.151 e. The summed E-state index contributed by atoms with van der Waals surface area (Å²) in [5.74, 6) is 0.972. The largest absolute Gasteiger partial charge is 0.360 e. The normalized spacial score (nSPS) is 20.8. The third-order valence-electron chi connectivity index (χ3n) is 3.66. The Morgan fingerprint density at radius 3 is 2.95 bits per heavy atom. The van der Waals surface area contributed by atoms with Gasteiger partial charge in [0.25, 0.3) is 0 Å². The highest BCUT2D eigenvalue weighted by Crippen LogP contribution is 2.16. The highest BCUT2D eigenvalue weighted by Gasteiger charge is 2.24. The Morgan fingerprint density at radius 2 is 2.32 bits per heavy atom. The third kappa shape index (κ3) is 4.30. The fourth-order valence-electron chi connectivity index (χ4n) is 2.42. The van der Waals surface area contributed by atoms with E-state index in [0.29, 0.717) is 12.1 Å². The van der Waals surface area contributed by atoms with Gasteiger partial charge in [-0.05, 0) is 20.5 Å². The molecule has 1 atom stereocenters. The van der Waals surface area contributed by atoms with E-state index in [4.69, 9.17) is 4.52 Å². The Kier molecular flexibility index (Phi) is 4.96. The van der Waals surface area contributed by atoms with E-state index in [9.17, 15) is 0 Å². The molecule has 5 heteroatoms. The summed E-state index contributed by atoms with van der Waals surface area (Å²) in [5.41, 5.74) is 0.993. The molecular formula is C14H26N4O. The second kappa shape index (κ2) is 6.50. The first-order valence-corrected chi connectivity index (χ1v) is 7.11. The van der Waals surface area contributed by atoms with Crippen molar-refractivity contribution < 1.29 is 4.52 Å². The van der Waals surface area contributed by atoms with Gasteiger partial charge in [-0.25, -0.2) is 0 Å². The molecule has 19 heavy (non-hydrogen) atoms. The van der Waals surface area contributed by atoms with Crippen LogP contribution < -0.4 is 5.32 Å². The fraction of sp³-hybridized carbons (Fsp3) is 0.786. The van der Waals surface area contributed by atoms with Gasteiger partial charge in [-0.15, -0.1) is 0 Å². The minimum absolute atomic E-state index is 0.472. The van der Waals surface area contributed by atoms with E-state index in [1.54, 1.807) is 0 Å². The molecule has 0 aromatic carbocycles. The lowest BCUT2D eigenvalue weighted by molar-refractivity contribution is 0.241. The van der Waals surface area contributed by atoms with E-state index in [2.05, 4.69) is 54.3 Å². The summed E-state index contributed by atoms with van der Waals surface area (Å²) in [6.45, 7) is 8.18. The van der Waals surface area contributed by atoms with Crippen LogP contribution in [0.5, 0.6) is 0 Å². The molecule has 1 aliphatic rings. The summed E-state index contributed by atoms with van der Waals surface area (Å²) in [6, 6.07) is 3.21. The fourth-order valence-corrected chi connectivity index (χ4v) is 2.42. The molecule has 1 saturated heterocycles. The van der Waals surface area contributed by atoms with Gasteiger partial charge in [-0.3, -0.25) is 4.90 Å². The van der Waals surface area contributed by atoms with Crippen molar-refractivity contribution in [2.45, 2.75) is 45.4 Å². The van der Waals surface area contributed by atoms with Gasteiger partial charge in [0, 0.05) is 37.8 Å². The van der Waals surface area contributed by atoms with E-state index < -0.39 is 0 Å². The lowest BCUT2D eigenvalue weighted by atomic mass is 10.2. The van der Waals surface area contributed by atoms with E-state index in [-0.39, 0.29) is 0 Å². The minimum atomic E-state index is 0.472. The van der Waals surface area contributed by atoms with Crippen LogP contribution in [0.4, 0.5) is 0 Å². The first kappa shape index (κ1) is 14.5. The number of nitrogens with one attached hydrogen (secondary N) is 1. The molecule has 0 saturated carbocycles. The van der Waals surface area contributed by atoms with Crippen molar-refractivity contribution in [3.05, 3.63) is 17.5 Å². The third-order valence-corrected chi connectivity index (χ3v) is 3.66. The molecule has 1 unspecified atom stereocenters. The van der Waals surface area contributed by atoms with Crippen LogP contribution in [0, 0.1) is 0 Å². The van der Waals surface area contributed by atoms with Crippen LogP contribution in [0.3, 0.4) is 0 Å². The number of hydrogen-bond acceptors (Lipinski definition) is 5. The Morgan fingerprint density at radius 1 is 1.53 bits per heavy atom.